The van der Waals surface area contributed by atoms with Crippen LogP contribution in [0, 0.1) is 5.82 Å². The molecule has 2 aromatic rings. The second kappa shape index (κ2) is 5.01. The number of rotatable bonds is 3. The van der Waals surface area contributed by atoms with Crippen molar-refractivity contribution in [3.63, 3.8) is 0 Å². The van der Waals surface area contributed by atoms with E-state index in [4.69, 9.17) is 5.73 Å². The molecule has 1 heterocycles. The Morgan fingerprint density at radius 3 is 2.24 bits per heavy atom. The molecule has 88 valence electrons. The van der Waals surface area contributed by atoms with Crippen LogP contribution in [0.2, 0.25) is 0 Å². The van der Waals surface area contributed by atoms with E-state index in [1.165, 1.54) is 12.1 Å². The number of aromatic nitrogens is 2. The van der Waals surface area contributed by atoms with E-state index in [0.717, 1.165) is 17.0 Å². The average Bonchev–Trinajstić information content (AvgIpc) is 2.39. The highest BCUT2D eigenvalue weighted by Gasteiger charge is 2.06. The molecule has 3 nitrogen and oxygen atoms in total. The van der Waals surface area contributed by atoms with Crippen LogP contribution in [-0.2, 0) is 0 Å². The lowest BCUT2D eigenvalue weighted by molar-refractivity contribution is 0.628. The number of nitrogens with zero attached hydrogens (tertiary/aromatic N) is 2. The second-order valence-electron chi connectivity index (χ2n) is 3.97. The normalized spacial score (nSPS) is 12.4. The maximum atomic E-state index is 12.8. The molecule has 0 aliphatic rings. The third-order valence-corrected chi connectivity index (χ3v) is 2.64. The predicted molar refractivity (Wildman–Crippen MR) is 64.9 cm³/mol. The van der Waals surface area contributed by atoms with Crippen LogP contribution in [-0.4, -0.2) is 16.5 Å². The van der Waals surface area contributed by atoms with Gasteiger partial charge in [-0.1, -0.05) is 19.1 Å². The molecule has 0 spiro atoms. The largest absolute Gasteiger partial charge is 0.330 e. The molecule has 1 aromatic carbocycles. The first-order valence-corrected chi connectivity index (χ1v) is 5.48. The Morgan fingerprint density at radius 2 is 1.71 bits per heavy atom. The van der Waals surface area contributed by atoms with Crippen molar-refractivity contribution in [3.05, 3.63) is 48.3 Å². The van der Waals surface area contributed by atoms with E-state index >= 15 is 0 Å². The molecule has 0 amide bonds. The predicted octanol–water partition coefficient (Wildman–Crippen LogP) is 2.34. The summed E-state index contributed by atoms with van der Waals surface area (Å²) in [5.74, 6) is 0.638. The van der Waals surface area contributed by atoms with Crippen molar-refractivity contribution in [2.45, 2.75) is 12.8 Å². The van der Waals surface area contributed by atoms with E-state index in [9.17, 15) is 4.39 Å². The summed E-state index contributed by atoms with van der Waals surface area (Å²) < 4.78 is 12.8. The quantitative estimate of drug-likeness (QED) is 0.882. The Bertz CT molecular complexity index is 479. The van der Waals surface area contributed by atoms with Gasteiger partial charge in [0, 0.05) is 30.4 Å². The van der Waals surface area contributed by atoms with Gasteiger partial charge in [-0.05, 0) is 17.7 Å². The fraction of sp³-hybridized carbons (Fsp3) is 0.231. The molecule has 1 aromatic heterocycles. The molecule has 0 bridgehead atoms. The molecule has 0 aliphatic heterocycles. The van der Waals surface area contributed by atoms with Gasteiger partial charge in [0.25, 0.3) is 0 Å². The van der Waals surface area contributed by atoms with Gasteiger partial charge < -0.3 is 5.73 Å². The molecule has 2 N–H and O–H groups in total. The van der Waals surface area contributed by atoms with Crippen LogP contribution >= 0.6 is 0 Å². The molecule has 0 aliphatic carbocycles. The summed E-state index contributed by atoms with van der Waals surface area (Å²) >= 11 is 0. The summed E-state index contributed by atoms with van der Waals surface area (Å²) in [5, 5.41) is 0. The molecule has 1 unspecified atom stereocenters. The monoisotopic (exact) mass is 231 g/mol. The topological polar surface area (TPSA) is 51.8 Å². The number of halogens is 1. The van der Waals surface area contributed by atoms with Gasteiger partial charge in [0.15, 0.2) is 0 Å². The molecule has 17 heavy (non-hydrogen) atoms. The third-order valence-electron chi connectivity index (χ3n) is 2.64. The van der Waals surface area contributed by atoms with Crippen LogP contribution in [0.4, 0.5) is 4.39 Å². The fourth-order valence-corrected chi connectivity index (χ4v) is 1.49. The summed E-state index contributed by atoms with van der Waals surface area (Å²) in [4.78, 5) is 8.53. The minimum Gasteiger partial charge on any atom is -0.330 e. The zero-order valence-electron chi connectivity index (χ0n) is 9.60. The SMILES string of the molecule is CC(CN)c1ncc(-c2ccc(F)cc2)cn1. The van der Waals surface area contributed by atoms with Crippen molar-refractivity contribution in [3.8, 4) is 11.1 Å². The van der Waals surface area contributed by atoms with Crippen LogP contribution in [0.3, 0.4) is 0 Å². The Kier molecular flexibility index (Phi) is 3.44. The molecule has 0 saturated carbocycles. The molecule has 0 radical (unpaired) electrons. The smallest absolute Gasteiger partial charge is 0.132 e. The van der Waals surface area contributed by atoms with Crippen LogP contribution < -0.4 is 5.73 Å². The summed E-state index contributed by atoms with van der Waals surface area (Å²) in [6.07, 6.45) is 3.48. The van der Waals surface area contributed by atoms with Crippen molar-refractivity contribution in [2.75, 3.05) is 6.54 Å². The standard InChI is InChI=1S/C13H14FN3/c1-9(6-15)13-16-7-11(8-17-13)10-2-4-12(14)5-3-10/h2-5,7-9H,6,15H2,1H3. The highest BCUT2D eigenvalue weighted by atomic mass is 19.1. The van der Waals surface area contributed by atoms with Gasteiger partial charge in [-0.2, -0.15) is 0 Å². The lowest BCUT2D eigenvalue weighted by Crippen LogP contribution is -2.11. The first-order valence-electron chi connectivity index (χ1n) is 5.48. The maximum absolute atomic E-state index is 12.8. The van der Waals surface area contributed by atoms with Crippen LogP contribution in [0.25, 0.3) is 11.1 Å². The lowest BCUT2D eigenvalue weighted by atomic mass is 10.1. The van der Waals surface area contributed by atoms with Crippen LogP contribution in [0.5, 0.6) is 0 Å². The Labute approximate surface area is 99.5 Å². The number of benzene rings is 1. The minimum atomic E-state index is -0.247. The number of hydrogen-bond donors (Lipinski definition) is 1. The molecule has 0 saturated heterocycles. The summed E-state index contributed by atoms with van der Waals surface area (Å²) in [6.45, 7) is 2.50. The molecule has 2 rings (SSSR count). The van der Waals surface area contributed by atoms with E-state index in [1.54, 1.807) is 24.5 Å². The van der Waals surface area contributed by atoms with Crippen molar-refractivity contribution in [2.24, 2.45) is 5.73 Å². The van der Waals surface area contributed by atoms with Crippen LogP contribution in [0.15, 0.2) is 36.7 Å². The molecule has 0 fully saturated rings. The van der Waals surface area contributed by atoms with Crippen molar-refractivity contribution >= 4 is 0 Å². The summed E-state index contributed by atoms with van der Waals surface area (Å²) in [5.41, 5.74) is 7.32. The zero-order chi connectivity index (χ0) is 12.3. The molecular weight excluding hydrogens is 217 g/mol. The van der Waals surface area contributed by atoms with Gasteiger partial charge >= 0.3 is 0 Å². The van der Waals surface area contributed by atoms with E-state index in [-0.39, 0.29) is 11.7 Å². The zero-order valence-corrected chi connectivity index (χ0v) is 9.60. The van der Waals surface area contributed by atoms with Crippen LogP contribution in [0.1, 0.15) is 18.7 Å². The summed E-state index contributed by atoms with van der Waals surface area (Å²) in [6, 6.07) is 6.26. The highest BCUT2D eigenvalue weighted by Crippen LogP contribution is 2.18. The van der Waals surface area contributed by atoms with E-state index in [2.05, 4.69) is 9.97 Å². The van der Waals surface area contributed by atoms with Gasteiger partial charge in [0.1, 0.15) is 11.6 Å². The molecular formula is C13H14FN3. The van der Waals surface area contributed by atoms with Gasteiger partial charge in [-0.25, -0.2) is 14.4 Å². The average molecular weight is 231 g/mol. The van der Waals surface area contributed by atoms with E-state index in [0.29, 0.717) is 6.54 Å². The summed E-state index contributed by atoms with van der Waals surface area (Å²) in [7, 11) is 0. The van der Waals surface area contributed by atoms with Gasteiger partial charge in [0.05, 0.1) is 0 Å². The van der Waals surface area contributed by atoms with Crippen molar-refractivity contribution in [1.29, 1.82) is 0 Å². The Balaban J connectivity index is 2.26. The third kappa shape index (κ3) is 2.65. The maximum Gasteiger partial charge on any atom is 0.132 e. The van der Waals surface area contributed by atoms with E-state index in [1.807, 2.05) is 6.92 Å². The first kappa shape index (κ1) is 11.7. The fourth-order valence-electron chi connectivity index (χ4n) is 1.49. The van der Waals surface area contributed by atoms with Gasteiger partial charge in [0.2, 0.25) is 0 Å². The van der Waals surface area contributed by atoms with Gasteiger partial charge in [-0.15, -0.1) is 0 Å². The second-order valence-corrected chi connectivity index (χ2v) is 3.97. The lowest BCUT2D eigenvalue weighted by Gasteiger charge is -2.07. The Hall–Kier alpha value is -1.81. The Morgan fingerprint density at radius 1 is 1.12 bits per heavy atom. The first-order chi connectivity index (χ1) is 8.20. The van der Waals surface area contributed by atoms with Crippen molar-refractivity contribution in [1.82, 2.24) is 9.97 Å². The molecule has 1 atom stereocenters. The minimum absolute atomic E-state index is 0.150. The van der Waals surface area contributed by atoms with Crippen molar-refractivity contribution < 1.29 is 4.39 Å². The highest BCUT2D eigenvalue weighted by molar-refractivity contribution is 5.61. The number of hydrogen-bond acceptors (Lipinski definition) is 3. The number of nitrogens with two attached hydrogens (primary N) is 1. The molecule has 4 heteroatoms. The van der Waals surface area contributed by atoms with Gasteiger partial charge in [-0.3, -0.25) is 0 Å². The van der Waals surface area contributed by atoms with E-state index < -0.39 is 0 Å².